The third-order valence-electron chi connectivity index (χ3n) is 5.63. The van der Waals surface area contributed by atoms with Gasteiger partial charge in [0.25, 0.3) is 0 Å². The Bertz CT molecular complexity index is 1230. The number of likely N-dealkylation sites (tertiary alicyclic amines) is 1. The summed E-state index contributed by atoms with van der Waals surface area (Å²) in [6, 6.07) is 6.73. The average Bonchev–Trinajstić information content (AvgIpc) is 3.53. The Morgan fingerprint density at radius 2 is 2.05 bits per heavy atom. The lowest BCUT2D eigenvalue weighted by atomic mass is 9.94. The standard InChI is InChI=1S/C26H31N5O4S2/c1-5-21(32)29-17-8-10-19(11-9-17)34-25(33)31-12-6-7-18(15-31)30-24-28-14-23(37-24)36-16-22-27-13-20(35-22)26(2,3)4/h5,8-11,13-14,18H,1,6-7,12,15-16H2,2-4H3,(H,28,30)(H,29,32)/t18-/m1/s1. The number of hydrogen-bond acceptors (Lipinski definition) is 9. The van der Waals surface area contributed by atoms with Crippen molar-refractivity contribution in [3.8, 4) is 5.75 Å². The zero-order valence-corrected chi connectivity index (χ0v) is 22.8. The first-order valence-corrected chi connectivity index (χ1v) is 13.8. The lowest BCUT2D eigenvalue weighted by molar-refractivity contribution is -0.111. The van der Waals surface area contributed by atoms with Gasteiger partial charge in [0.05, 0.1) is 22.4 Å². The first-order valence-electron chi connectivity index (χ1n) is 12.0. The highest BCUT2D eigenvalue weighted by molar-refractivity contribution is 8.00. The minimum atomic E-state index is -0.398. The third kappa shape index (κ3) is 7.59. The fourth-order valence-corrected chi connectivity index (χ4v) is 5.45. The smallest absolute Gasteiger partial charge is 0.415 e. The van der Waals surface area contributed by atoms with Crippen molar-refractivity contribution in [3.05, 3.63) is 61.0 Å². The van der Waals surface area contributed by atoms with Crippen molar-refractivity contribution < 1.29 is 18.7 Å². The van der Waals surface area contributed by atoms with Crippen molar-refractivity contribution in [1.29, 1.82) is 0 Å². The fraction of sp³-hybridized carbons (Fsp3) is 0.385. The van der Waals surface area contributed by atoms with Gasteiger partial charge < -0.3 is 24.7 Å². The minimum absolute atomic E-state index is 0.0627. The number of nitrogens with one attached hydrogen (secondary N) is 2. The number of thioether (sulfide) groups is 1. The van der Waals surface area contributed by atoms with Gasteiger partial charge in [-0.25, -0.2) is 14.8 Å². The van der Waals surface area contributed by atoms with E-state index in [2.05, 4.69) is 48.0 Å². The highest BCUT2D eigenvalue weighted by atomic mass is 32.2. The number of anilines is 2. The minimum Gasteiger partial charge on any atom is -0.444 e. The Morgan fingerprint density at radius 3 is 2.76 bits per heavy atom. The fourth-order valence-electron chi connectivity index (χ4n) is 3.65. The summed E-state index contributed by atoms with van der Waals surface area (Å²) in [5.41, 5.74) is 0.537. The van der Waals surface area contributed by atoms with Gasteiger partial charge in [0.1, 0.15) is 11.5 Å². The van der Waals surface area contributed by atoms with E-state index >= 15 is 0 Å². The van der Waals surface area contributed by atoms with Crippen LogP contribution >= 0.6 is 23.1 Å². The second-order valence-corrected chi connectivity index (χ2v) is 12.0. The van der Waals surface area contributed by atoms with Gasteiger partial charge in [0.2, 0.25) is 11.8 Å². The molecule has 1 aliphatic rings. The highest BCUT2D eigenvalue weighted by Gasteiger charge is 2.26. The van der Waals surface area contributed by atoms with Crippen LogP contribution in [0.15, 0.2) is 57.9 Å². The van der Waals surface area contributed by atoms with E-state index in [0.717, 1.165) is 27.9 Å². The molecule has 0 saturated carbocycles. The molecule has 1 aliphatic heterocycles. The lowest BCUT2D eigenvalue weighted by Crippen LogP contribution is -2.46. The summed E-state index contributed by atoms with van der Waals surface area (Å²) in [5.74, 6) is 2.34. The maximum Gasteiger partial charge on any atom is 0.415 e. The van der Waals surface area contributed by atoms with E-state index in [4.69, 9.17) is 9.15 Å². The van der Waals surface area contributed by atoms with Crippen LogP contribution in [0.5, 0.6) is 5.75 Å². The Balaban J connectivity index is 1.25. The molecule has 2 N–H and O–H groups in total. The molecule has 0 aliphatic carbocycles. The Morgan fingerprint density at radius 1 is 1.27 bits per heavy atom. The van der Waals surface area contributed by atoms with E-state index in [1.807, 2.05) is 6.20 Å². The maximum atomic E-state index is 12.7. The van der Waals surface area contributed by atoms with Crippen molar-refractivity contribution in [2.75, 3.05) is 23.7 Å². The number of amides is 2. The van der Waals surface area contributed by atoms with Crippen LogP contribution in [0.1, 0.15) is 45.3 Å². The number of ether oxygens (including phenoxy) is 1. The van der Waals surface area contributed by atoms with E-state index in [-0.39, 0.29) is 17.4 Å². The topological polar surface area (TPSA) is 110 Å². The molecule has 0 radical (unpaired) electrons. The summed E-state index contributed by atoms with van der Waals surface area (Å²) in [6.07, 6.45) is 6.25. The van der Waals surface area contributed by atoms with Crippen LogP contribution in [-0.4, -0.2) is 46.0 Å². The highest BCUT2D eigenvalue weighted by Crippen LogP contribution is 2.32. The van der Waals surface area contributed by atoms with Crippen LogP contribution < -0.4 is 15.4 Å². The average molecular weight is 542 g/mol. The van der Waals surface area contributed by atoms with Gasteiger partial charge in [0.15, 0.2) is 5.13 Å². The van der Waals surface area contributed by atoms with Gasteiger partial charge >= 0.3 is 6.09 Å². The van der Waals surface area contributed by atoms with Crippen molar-refractivity contribution in [2.24, 2.45) is 0 Å². The van der Waals surface area contributed by atoms with Crippen molar-refractivity contribution in [1.82, 2.24) is 14.9 Å². The second-order valence-electron chi connectivity index (χ2n) is 9.66. The number of oxazole rings is 1. The molecule has 1 aromatic carbocycles. The van der Waals surface area contributed by atoms with Crippen LogP contribution in [0, 0.1) is 0 Å². The van der Waals surface area contributed by atoms with Crippen LogP contribution in [0.2, 0.25) is 0 Å². The lowest BCUT2D eigenvalue weighted by Gasteiger charge is -2.32. The number of aromatic nitrogens is 2. The number of piperidine rings is 1. The van der Waals surface area contributed by atoms with Crippen LogP contribution in [0.3, 0.4) is 0 Å². The third-order valence-corrected chi connectivity index (χ3v) is 7.74. The molecule has 4 rings (SSSR count). The number of benzene rings is 1. The van der Waals surface area contributed by atoms with E-state index < -0.39 is 6.09 Å². The van der Waals surface area contributed by atoms with Crippen LogP contribution in [0.25, 0.3) is 0 Å². The number of carbonyl (C=O) groups excluding carboxylic acids is 2. The molecule has 1 saturated heterocycles. The normalized spacial score (nSPS) is 15.8. The Kier molecular flexibility index (Phi) is 8.55. The van der Waals surface area contributed by atoms with Gasteiger partial charge in [-0.2, -0.15) is 0 Å². The van der Waals surface area contributed by atoms with Gasteiger partial charge in [0, 0.05) is 30.2 Å². The quantitative estimate of drug-likeness (QED) is 0.267. The monoisotopic (exact) mass is 541 g/mol. The number of hydrogen-bond donors (Lipinski definition) is 2. The molecule has 3 aromatic rings. The maximum absolute atomic E-state index is 12.7. The van der Waals surface area contributed by atoms with E-state index in [9.17, 15) is 9.59 Å². The van der Waals surface area contributed by atoms with Crippen molar-refractivity contribution in [2.45, 2.75) is 55.0 Å². The molecule has 1 fully saturated rings. The molecule has 37 heavy (non-hydrogen) atoms. The van der Waals surface area contributed by atoms with Crippen molar-refractivity contribution >= 4 is 45.9 Å². The number of carbonyl (C=O) groups is 2. The Labute approximate surface area is 224 Å². The van der Waals surface area contributed by atoms with Crippen LogP contribution in [-0.2, 0) is 16.0 Å². The molecule has 196 valence electrons. The molecular formula is C26H31N5O4S2. The zero-order chi connectivity index (χ0) is 26.4. The summed E-state index contributed by atoms with van der Waals surface area (Å²) in [4.78, 5) is 34.7. The molecule has 0 bridgehead atoms. The first-order chi connectivity index (χ1) is 17.7. The van der Waals surface area contributed by atoms with E-state index in [0.29, 0.717) is 36.2 Å². The molecule has 1 atom stereocenters. The molecule has 11 heteroatoms. The molecule has 2 amide bonds. The van der Waals surface area contributed by atoms with E-state index in [1.165, 1.54) is 6.08 Å². The molecule has 3 heterocycles. The van der Waals surface area contributed by atoms with Gasteiger partial charge in [-0.15, -0.1) is 11.8 Å². The Hall–Kier alpha value is -3.31. The number of rotatable bonds is 8. The van der Waals surface area contributed by atoms with Crippen molar-refractivity contribution in [3.63, 3.8) is 0 Å². The number of nitrogens with zero attached hydrogens (tertiary/aromatic N) is 3. The predicted molar refractivity (Wildman–Crippen MR) is 146 cm³/mol. The SMILES string of the molecule is C=CC(=O)Nc1ccc(OC(=O)N2CCC[C@@H](Nc3ncc(SCc4ncc(C(C)(C)C)o4)s3)C2)cc1. The summed E-state index contributed by atoms with van der Waals surface area (Å²) >= 11 is 3.22. The second kappa shape index (κ2) is 11.8. The molecule has 0 unspecified atom stereocenters. The summed E-state index contributed by atoms with van der Waals surface area (Å²) < 4.78 is 12.5. The summed E-state index contributed by atoms with van der Waals surface area (Å²) in [6.45, 7) is 10.9. The van der Waals surface area contributed by atoms with Gasteiger partial charge in [-0.1, -0.05) is 38.7 Å². The zero-order valence-electron chi connectivity index (χ0n) is 21.2. The van der Waals surface area contributed by atoms with Gasteiger partial charge in [-0.3, -0.25) is 4.79 Å². The number of thiazole rings is 1. The predicted octanol–water partition coefficient (Wildman–Crippen LogP) is 5.92. The summed E-state index contributed by atoms with van der Waals surface area (Å²) in [7, 11) is 0. The first kappa shape index (κ1) is 26.7. The molecule has 0 spiro atoms. The largest absolute Gasteiger partial charge is 0.444 e. The summed E-state index contributed by atoms with van der Waals surface area (Å²) in [5, 5.41) is 6.94. The molecule has 9 nitrogen and oxygen atoms in total. The van der Waals surface area contributed by atoms with Crippen LogP contribution in [0.4, 0.5) is 15.6 Å². The molecule has 2 aromatic heterocycles. The van der Waals surface area contributed by atoms with Gasteiger partial charge in [-0.05, 0) is 43.2 Å². The van der Waals surface area contributed by atoms with E-state index in [1.54, 1.807) is 58.5 Å². The molecular weight excluding hydrogens is 510 g/mol.